The Morgan fingerprint density at radius 1 is 1.09 bits per heavy atom. The Labute approximate surface area is 135 Å². The molecule has 3 rings (SSSR count). The number of hydrogen-bond donors (Lipinski definition) is 1. The van der Waals surface area contributed by atoms with Crippen LogP contribution >= 0.6 is 0 Å². The van der Waals surface area contributed by atoms with E-state index in [9.17, 15) is 5.11 Å². The van der Waals surface area contributed by atoms with E-state index in [1.807, 2.05) is 60.0 Å². The van der Waals surface area contributed by atoms with Crippen LogP contribution in [-0.4, -0.2) is 34.5 Å². The molecule has 1 heterocycles. The topological polar surface area (TPSA) is 56.5 Å². The zero-order valence-electron chi connectivity index (χ0n) is 13.3. The molecule has 5 nitrogen and oxygen atoms in total. The molecular weight excluding hydrogens is 292 g/mol. The Kier molecular flexibility index (Phi) is 4.48. The van der Waals surface area contributed by atoms with Gasteiger partial charge in [-0.3, -0.25) is 0 Å². The van der Waals surface area contributed by atoms with Gasteiger partial charge < -0.3 is 19.1 Å². The zero-order valence-corrected chi connectivity index (χ0v) is 13.3. The Morgan fingerprint density at radius 3 is 2.52 bits per heavy atom. The molecule has 0 spiro atoms. The number of aliphatic hydroxyl groups is 1. The molecule has 1 atom stereocenters. The summed E-state index contributed by atoms with van der Waals surface area (Å²) in [6, 6.07) is 15.2. The molecule has 0 bridgehead atoms. The van der Waals surface area contributed by atoms with E-state index in [0.29, 0.717) is 12.3 Å². The van der Waals surface area contributed by atoms with Crippen molar-refractivity contribution in [3.05, 3.63) is 54.4 Å². The van der Waals surface area contributed by atoms with E-state index in [1.54, 1.807) is 7.11 Å². The number of rotatable bonds is 6. The quantitative estimate of drug-likeness (QED) is 0.760. The van der Waals surface area contributed by atoms with Crippen molar-refractivity contribution >= 4 is 11.0 Å². The van der Waals surface area contributed by atoms with Crippen LogP contribution in [0.4, 0.5) is 0 Å². The number of aryl methyl sites for hydroxylation is 1. The van der Waals surface area contributed by atoms with Crippen LogP contribution in [0.25, 0.3) is 11.0 Å². The maximum absolute atomic E-state index is 10.3. The van der Waals surface area contributed by atoms with E-state index in [-0.39, 0.29) is 6.61 Å². The Hall–Kier alpha value is -2.53. The lowest BCUT2D eigenvalue weighted by Gasteiger charge is -2.15. The minimum atomic E-state index is -0.617. The number of methoxy groups -OCH3 is 1. The van der Waals surface area contributed by atoms with E-state index >= 15 is 0 Å². The summed E-state index contributed by atoms with van der Waals surface area (Å²) in [5, 5.41) is 10.3. The highest BCUT2D eigenvalue weighted by molar-refractivity contribution is 5.75. The van der Waals surface area contributed by atoms with Gasteiger partial charge in [0.1, 0.15) is 30.0 Å². The average molecular weight is 312 g/mol. The standard InChI is InChI=1S/C18H20N2O3/c1-13-19-17-5-3-4-6-18(17)20(13)11-14(21)12-23-16-9-7-15(22-2)8-10-16/h3-10,14,21H,11-12H2,1-2H3/t14-/m0/s1. The number of benzene rings is 2. The lowest BCUT2D eigenvalue weighted by molar-refractivity contribution is 0.0929. The second-order valence-corrected chi connectivity index (χ2v) is 5.40. The van der Waals surface area contributed by atoms with Gasteiger partial charge in [0.05, 0.1) is 24.7 Å². The normalized spacial score (nSPS) is 12.3. The number of hydrogen-bond acceptors (Lipinski definition) is 4. The number of aromatic nitrogens is 2. The summed E-state index contributed by atoms with van der Waals surface area (Å²) in [5.74, 6) is 2.37. The van der Waals surface area contributed by atoms with Gasteiger partial charge >= 0.3 is 0 Å². The first-order valence-corrected chi connectivity index (χ1v) is 7.54. The Morgan fingerprint density at radius 2 is 1.78 bits per heavy atom. The third-order valence-electron chi connectivity index (χ3n) is 3.74. The molecule has 1 aromatic heterocycles. The largest absolute Gasteiger partial charge is 0.497 e. The molecule has 1 N–H and O–H groups in total. The highest BCUT2D eigenvalue weighted by Gasteiger charge is 2.12. The van der Waals surface area contributed by atoms with Gasteiger partial charge in [-0.1, -0.05) is 12.1 Å². The van der Waals surface area contributed by atoms with Crippen molar-refractivity contribution in [2.24, 2.45) is 0 Å². The van der Waals surface area contributed by atoms with Crippen LogP contribution in [0.1, 0.15) is 5.82 Å². The first-order valence-electron chi connectivity index (χ1n) is 7.54. The molecule has 2 aromatic carbocycles. The van der Waals surface area contributed by atoms with Gasteiger partial charge in [0.2, 0.25) is 0 Å². The van der Waals surface area contributed by atoms with Crippen molar-refractivity contribution in [2.75, 3.05) is 13.7 Å². The minimum Gasteiger partial charge on any atom is -0.497 e. The molecular formula is C18H20N2O3. The molecule has 0 saturated carbocycles. The highest BCUT2D eigenvalue weighted by Crippen LogP contribution is 2.18. The highest BCUT2D eigenvalue weighted by atomic mass is 16.5. The van der Waals surface area contributed by atoms with E-state index in [4.69, 9.17) is 9.47 Å². The number of fused-ring (bicyclic) bond motifs is 1. The summed E-state index contributed by atoms with van der Waals surface area (Å²) in [6.07, 6.45) is -0.617. The van der Waals surface area contributed by atoms with Crippen molar-refractivity contribution in [3.63, 3.8) is 0 Å². The average Bonchev–Trinajstić information content (AvgIpc) is 2.89. The Balaban J connectivity index is 1.64. The van der Waals surface area contributed by atoms with Crippen molar-refractivity contribution in [1.29, 1.82) is 0 Å². The number of aliphatic hydroxyl groups excluding tert-OH is 1. The third-order valence-corrected chi connectivity index (χ3v) is 3.74. The fourth-order valence-electron chi connectivity index (χ4n) is 2.55. The molecule has 3 aromatic rings. The molecule has 0 saturated heterocycles. The van der Waals surface area contributed by atoms with Gasteiger partial charge in [0.25, 0.3) is 0 Å². The molecule has 0 aliphatic carbocycles. The smallest absolute Gasteiger partial charge is 0.119 e. The predicted molar refractivity (Wildman–Crippen MR) is 89.0 cm³/mol. The zero-order chi connectivity index (χ0) is 16.2. The van der Waals surface area contributed by atoms with Crippen LogP contribution in [-0.2, 0) is 6.54 Å². The number of para-hydroxylation sites is 2. The van der Waals surface area contributed by atoms with Crippen LogP contribution in [0, 0.1) is 6.92 Å². The Bertz CT molecular complexity index is 781. The SMILES string of the molecule is COc1ccc(OC[C@@H](O)Cn2c(C)nc3ccccc32)cc1. The fraction of sp³-hybridized carbons (Fsp3) is 0.278. The maximum Gasteiger partial charge on any atom is 0.119 e. The first-order chi connectivity index (χ1) is 11.2. The van der Waals surface area contributed by atoms with Gasteiger partial charge in [-0.05, 0) is 43.3 Å². The van der Waals surface area contributed by atoms with Gasteiger partial charge in [0, 0.05) is 0 Å². The summed E-state index contributed by atoms with van der Waals surface area (Å²) in [5.41, 5.74) is 1.96. The lowest BCUT2D eigenvalue weighted by atomic mass is 10.3. The summed E-state index contributed by atoms with van der Waals surface area (Å²) in [6.45, 7) is 2.61. The second kappa shape index (κ2) is 6.71. The second-order valence-electron chi connectivity index (χ2n) is 5.40. The van der Waals surface area contributed by atoms with Crippen LogP contribution in [0.15, 0.2) is 48.5 Å². The van der Waals surface area contributed by atoms with Gasteiger partial charge in [-0.25, -0.2) is 4.98 Å². The molecule has 0 unspecified atom stereocenters. The van der Waals surface area contributed by atoms with Crippen molar-refractivity contribution in [3.8, 4) is 11.5 Å². The molecule has 0 aliphatic heterocycles. The van der Waals surface area contributed by atoms with Crippen LogP contribution in [0.2, 0.25) is 0 Å². The molecule has 5 heteroatoms. The molecule has 0 aliphatic rings. The van der Waals surface area contributed by atoms with Crippen LogP contribution in [0.5, 0.6) is 11.5 Å². The van der Waals surface area contributed by atoms with E-state index in [1.165, 1.54) is 0 Å². The molecule has 0 fully saturated rings. The number of nitrogens with zero attached hydrogens (tertiary/aromatic N) is 2. The number of imidazole rings is 1. The first kappa shape index (κ1) is 15.4. The summed E-state index contributed by atoms with van der Waals surface area (Å²) < 4.78 is 12.7. The lowest BCUT2D eigenvalue weighted by Crippen LogP contribution is -2.24. The predicted octanol–water partition coefficient (Wildman–Crippen LogP) is 2.79. The van der Waals surface area contributed by atoms with Crippen LogP contribution < -0.4 is 9.47 Å². The van der Waals surface area contributed by atoms with Gasteiger partial charge in [-0.2, -0.15) is 0 Å². The molecule has 23 heavy (non-hydrogen) atoms. The van der Waals surface area contributed by atoms with E-state index in [2.05, 4.69) is 4.98 Å². The van der Waals surface area contributed by atoms with Crippen LogP contribution in [0.3, 0.4) is 0 Å². The van der Waals surface area contributed by atoms with Crippen molar-refractivity contribution in [2.45, 2.75) is 19.6 Å². The molecule has 120 valence electrons. The molecule has 0 amide bonds. The minimum absolute atomic E-state index is 0.221. The monoisotopic (exact) mass is 312 g/mol. The van der Waals surface area contributed by atoms with Gasteiger partial charge in [0.15, 0.2) is 0 Å². The van der Waals surface area contributed by atoms with E-state index < -0.39 is 6.10 Å². The summed E-state index contributed by atoms with van der Waals surface area (Å²) in [7, 11) is 1.62. The number of ether oxygens (including phenoxy) is 2. The van der Waals surface area contributed by atoms with Gasteiger partial charge in [-0.15, -0.1) is 0 Å². The molecule has 0 radical (unpaired) electrons. The maximum atomic E-state index is 10.3. The van der Waals surface area contributed by atoms with Crippen molar-refractivity contribution < 1.29 is 14.6 Å². The van der Waals surface area contributed by atoms with Crippen molar-refractivity contribution in [1.82, 2.24) is 9.55 Å². The summed E-state index contributed by atoms with van der Waals surface area (Å²) >= 11 is 0. The van der Waals surface area contributed by atoms with E-state index in [0.717, 1.165) is 22.6 Å². The third kappa shape index (κ3) is 3.46. The fourth-order valence-corrected chi connectivity index (χ4v) is 2.55. The summed E-state index contributed by atoms with van der Waals surface area (Å²) in [4.78, 5) is 4.50.